The Hall–Kier alpha value is -2.80. The van der Waals surface area contributed by atoms with Gasteiger partial charge in [-0.2, -0.15) is 0 Å². The molecule has 0 radical (unpaired) electrons. The zero-order valence-corrected chi connectivity index (χ0v) is 19.4. The van der Waals surface area contributed by atoms with E-state index in [-0.39, 0.29) is 17.9 Å². The van der Waals surface area contributed by atoms with Gasteiger partial charge in [0.2, 0.25) is 5.91 Å². The lowest BCUT2D eigenvalue weighted by molar-refractivity contribution is -0.134. The summed E-state index contributed by atoms with van der Waals surface area (Å²) in [5.41, 5.74) is 0.550. The number of aromatic nitrogens is 1. The van der Waals surface area contributed by atoms with E-state index >= 15 is 0 Å². The molecule has 1 aromatic carbocycles. The fourth-order valence-corrected chi connectivity index (χ4v) is 5.74. The van der Waals surface area contributed by atoms with E-state index in [1.807, 2.05) is 53.3 Å². The number of thiophene rings is 1. The number of hydrogen-bond acceptors (Lipinski definition) is 4. The molecule has 32 heavy (non-hydrogen) atoms. The molecule has 0 bridgehead atoms. The maximum atomic E-state index is 13.8. The van der Waals surface area contributed by atoms with Crippen LogP contribution in [0.4, 0.5) is 0 Å². The highest BCUT2D eigenvalue weighted by Gasteiger charge is 2.48. The van der Waals surface area contributed by atoms with Crippen LogP contribution < -0.4 is 10.1 Å². The van der Waals surface area contributed by atoms with E-state index in [9.17, 15) is 9.59 Å². The number of fused-ring (bicyclic) bond motifs is 3. The average molecular weight is 452 g/mol. The Balaban J connectivity index is 1.56. The smallest absolute Gasteiger partial charge is 0.271 e. The second kappa shape index (κ2) is 8.28. The van der Waals surface area contributed by atoms with Crippen LogP contribution in [-0.4, -0.2) is 40.0 Å². The Labute approximate surface area is 192 Å². The van der Waals surface area contributed by atoms with Crippen molar-refractivity contribution in [2.45, 2.75) is 63.7 Å². The summed E-state index contributed by atoms with van der Waals surface area (Å²) in [5, 5.41) is 6.27. The van der Waals surface area contributed by atoms with Gasteiger partial charge >= 0.3 is 0 Å². The Kier molecular flexibility index (Phi) is 5.45. The third-order valence-corrected chi connectivity index (χ3v) is 7.82. The second-order valence-electron chi connectivity index (χ2n) is 9.09. The number of carbonyl (C=O) groups excluding carboxylic acids is 2. The van der Waals surface area contributed by atoms with E-state index < -0.39 is 5.54 Å². The Morgan fingerprint density at radius 1 is 1.22 bits per heavy atom. The maximum Gasteiger partial charge on any atom is 0.271 e. The first-order valence-electron chi connectivity index (χ1n) is 11.3. The first-order valence-corrected chi connectivity index (χ1v) is 12.2. The van der Waals surface area contributed by atoms with Gasteiger partial charge in [-0.05, 0) is 49.4 Å². The Bertz CT molecular complexity index is 1150. The molecule has 1 fully saturated rings. The fourth-order valence-electron chi connectivity index (χ4n) is 5.05. The summed E-state index contributed by atoms with van der Waals surface area (Å²) in [6.45, 7) is 2.75. The van der Waals surface area contributed by atoms with Crippen molar-refractivity contribution in [2.75, 3.05) is 7.11 Å². The number of amides is 2. The molecular formula is C25H29N3O3S. The molecule has 6 nitrogen and oxygen atoms in total. The Morgan fingerprint density at radius 3 is 2.75 bits per heavy atom. The molecule has 1 saturated carbocycles. The van der Waals surface area contributed by atoms with Gasteiger partial charge in [-0.3, -0.25) is 9.59 Å². The molecule has 2 aliphatic rings. The van der Waals surface area contributed by atoms with Crippen LogP contribution in [0.25, 0.3) is 10.9 Å². The normalized spacial score (nSPS) is 21.6. The first kappa shape index (κ1) is 21.1. The van der Waals surface area contributed by atoms with Crippen LogP contribution >= 0.6 is 11.3 Å². The molecule has 7 heteroatoms. The summed E-state index contributed by atoms with van der Waals surface area (Å²) in [6.07, 6.45) is 5.54. The minimum Gasteiger partial charge on any atom is -0.497 e. The minimum absolute atomic E-state index is 0.0651. The van der Waals surface area contributed by atoms with Gasteiger partial charge in [-0.15, -0.1) is 11.3 Å². The third-order valence-electron chi connectivity index (χ3n) is 6.96. The van der Waals surface area contributed by atoms with Gasteiger partial charge in [0.15, 0.2) is 0 Å². The van der Waals surface area contributed by atoms with E-state index in [2.05, 4.69) is 5.32 Å². The number of ether oxygens (including phenoxy) is 1. The van der Waals surface area contributed by atoms with Gasteiger partial charge in [0.05, 0.1) is 25.7 Å². The molecule has 5 rings (SSSR count). The highest BCUT2D eigenvalue weighted by Crippen LogP contribution is 2.35. The van der Waals surface area contributed by atoms with Gasteiger partial charge in [-0.25, -0.2) is 0 Å². The fraction of sp³-hybridized carbons (Fsp3) is 0.440. The summed E-state index contributed by atoms with van der Waals surface area (Å²) < 4.78 is 7.41. The molecule has 168 valence electrons. The average Bonchev–Trinajstić information content (AvgIpc) is 3.45. The SMILES string of the molecule is COc1ccc2cc3n(c2c1)C[C@@](C)(C(=O)NC1CCCCC1)N(Cc1cccs1)C3=O. The first-order chi connectivity index (χ1) is 15.5. The maximum absolute atomic E-state index is 13.8. The number of methoxy groups -OCH3 is 1. The summed E-state index contributed by atoms with van der Waals surface area (Å²) in [7, 11) is 1.64. The lowest BCUT2D eigenvalue weighted by Gasteiger charge is -2.44. The van der Waals surface area contributed by atoms with Gasteiger partial charge in [0.25, 0.3) is 5.91 Å². The van der Waals surface area contributed by atoms with E-state index in [0.29, 0.717) is 18.8 Å². The minimum atomic E-state index is -0.986. The van der Waals surface area contributed by atoms with Crippen LogP contribution in [0.15, 0.2) is 41.8 Å². The number of hydrogen-bond donors (Lipinski definition) is 1. The quantitative estimate of drug-likeness (QED) is 0.618. The van der Waals surface area contributed by atoms with Crippen molar-refractivity contribution in [3.05, 3.63) is 52.3 Å². The molecule has 1 aliphatic heterocycles. The third kappa shape index (κ3) is 3.58. The monoisotopic (exact) mass is 451 g/mol. The molecule has 2 aromatic heterocycles. The van der Waals surface area contributed by atoms with Gasteiger partial charge in [0.1, 0.15) is 17.0 Å². The van der Waals surface area contributed by atoms with Crippen molar-refractivity contribution in [1.82, 2.24) is 14.8 Å². The molecule has 0 unspecified atom stereocenters. The molecule has 1 atom stereocenters. The number of carbonyl (C=O) groups is 2. The van der Waals surface area contributed by atoms with Crippen molar-refractivity contribution in [3.8, 4) is 5.75 Å². The largest absolute Gasteiger partial charge is 0.497 e. The summed E-state index contributed by atoms with van der Waals surface area (Å²) in [4.78, 5) is 30.3. The topological polar surface area (TPSA) is 63.6 Å². The van der Waals surface area contributed by atoms with Crippen LogP contribution in [0, 0.1) is 0 Å². The van der Waals surface area contributed by atoms with E-state index in [1.54, 1.807) is 23.3 Å². The van der Waals surface area contributed by atoms with Crippen molar-refractivity contribution in [1.29, 1.82) is 0 Å². The molecule has 1 aliphatic carbocycles. The number of rotatable bonds is 5. The van der Waals surface area contributed by atoms with Crippen LogP contribution in [0.3, 0.4) is 0 Å². The van der Waals surface area contributed by atoms with Crippen LogP contribution in [-0.2, 0) is 17.9 Å². The van der Waals surface area contributed by atoms with Crippen LogP contribution in [0.1, 0.15) is 54.4 Å². The zero-order chi connectivity index (χ0) is 22.3. The number of benzene rings is 1. The van der Waals surface area contributed by atoms with Crippen LogP contribution in [0.2, 0.25) is 0 Å². The molecule has 0 spiro atoms. The standard InChI is InChI=1S/C25H29N3O3S/c1-25(24(30)26-18-7-4-3-5-8-18)16-27-21-14-19(31-2)11-10-17(21)13-22(27)23(29)28(25)15-20-9-6-12-32-20/h6,9-14,18H,3-5,7-8,15-16H2,1-2H3,(H,26,30)/t25-/m0/s1. The second-order valence-corrected chi connectivity index (χ2v) is 10.1. The molecule has 1 N–H and O–H groups in total. The number of nitrogens with zero attached hydrogens (tertiary/aromatic N) is 2. The van der Waals surface area contributed by atoms with E-state index in [1.165, 1.54) is 6.42 Å². The highest BCUT2D eigenvalue weighted by molar-refractivity contribution is 7.09. The molecule has 3 aromatic rings. The van der Waals surface area contributed by atoms with Crippen molar-refractivity contribution < 1.29 is 14.3 Å². The summed E-state index contributed by atoms with van der Waals surface area (Å²) in [6, 6.07) is 11.9. The summed E-state index contributed by atoms with van der Waals surface area (Å²) >= 11 is 1.61. The molecule has 0 saturated heterocycles. The highest BCUT2D eigenvalue weighted by atomic mass is 32.1. The van der Waals surface area contributed by atoms with Gasteiger partial charge < -0.3 is 19.5 Å². The molecular weight excluding hydrogens is 422 g/mol. The lowest BCUT2D eigenvalue weighted by Crippen LogP contribution is -2.64. The lowest BCUT2D eigenvalue weighted by atomic mass is 9.91. The summed E-state index contributed by atoms with van der Waals surface area (Å²) in [5.74, 6) is 0.561. The molecule has 2 amide bonds. The van der Waals surface area contributed by atoms with Crippen molar-refractivity contribution >= 4 is 34.1 Å². The van der Waals surface area contributed by atoms with E-state index in [0.717, 1.165) is 47.2 Å². The van der Waals surface area contributed by atoms with Crippen LogP contribution in [0.5, 0.6) is 5.75 Å². The van der Waals surface area contributed by atoms with E-state index in [4.69, 9.17) is 4.74 Å². The van der Waals surface area contributed by atoms with Crippen molar-refractivity contribution in [3.63, 3.8) is 0 Å². The van der Waals surface area contributed by atoms with Gasteiger partial charge in [-0.1, -0.05) is 25.3 Å². The predicted octanol–water partition coefficient (Wildman–Crippen LogP) is 4.58. The van der Waals surface area contributed by atoms with Crippen molar-refractivity contribution in [2.24, 2.45) is 0 Å². The van der Waals surface area contributed by atoms with Gasteiger partial charge in [0, 0.05) is 22.4 Å². The number of nitrogens with one attached hydrogen (secondary N) is 1. The molecule has 3 heterocycles. The Morgan fingerprint density at radius 2 is 2.03 bits per heavy atom. The zero-order valence-electron chi connectivity index (χ0n) is 18.6. The predicted molar refractivity (Wildman–Crippen MR) is 126 cm³/mol.